The molecule has 2 aromatic rings. The average molecular weight is 398 g/mol. The summed E-state index contributed by atoms with van der Waals surface area (Å²) in [5.74, 6) is 2.00. The minimum Gasteiger partial charge on any atom is -0.450 e. The normalized spacial score (nSPS) is 13.8. The Morgan fingerprint density at radius 2 is 1.83 bits per heavy atom. The summed E-state index contributed by atoms with van der Waals surface area (Å²) in [6.45, 7) is 8.02. The van der Waals surface area contributed by atoms with Crippen molar-refractivity contribution in [2.45, 2.75) is 20.8 Å². The molecular formula is C20H26N6O3. The van der Waals surface area contributed by atoms with E-state index in [-0.39, 0.29) is 12.0 Å². The fourth-order valence-corrected chi connectivity index (χ4v) is 3.14. The number of aromatic nitrogens is 2. The molecule has 0 spiro atoms. The Labute approximate surface area is 170 Å². The second-order valence-electron chi connectivity index (χ2n) is 6.72. The monoisotopic (exact) mass is 398 g/mol. The topological polar surface area (TPSA) is 99.7 Å². The van der Waals surface area contributed by atoms with Crippen molar-refractivity contribution in [3.05, 3.63) is 36.2 Å². The Hall–Kier alpha value is -3.36. The number of amides is 2. The summed E-state index contributed by atoms with van der Waals surface area (Å²) in [7, 11) is 0. The molecule has 3 rings (SSSR count). The number of hydrogen-bond donors (Lipinski definition) is 2. The van der Waals surface area contributed by atoms with Gasteiger partial charge in [0.05, 0.1) is 6.61 Å². The zero-order valence-corrected chi connectivity index (χ0v) is 16.9. The maximum absolute atomic E-state index is 11.9. The minimum absolute atomic E-state index is 0.121. The second kappa shape index (κ2) is 9.22. The molecule has 2 amide bonds. The Kier molecular flexibility index (Phi) is 6.48. The lowest BCUT2D eigenvalue weighted by atomic mass is 10.2. The SMILES string of the molecule is CCOC(=O)N1CCN(c2cc(Nc3cccc(NC(C)=O)c3)nc(C)n2)CC1. The summed E-state index contributed by atoms with van der Waals surface area (Å²) < 4.78 is 5.07. The predicted molar refractivity (Wildman–Crippen MR) is 112 cm³/mol. The van der Waals surface area contributed by atoms with Crippen molar-refractivity contribution < 1.29 is 14.3 Å². The number of piperazine rings is 1. The van der Waals surface area contributed by atoms with Crippen molar-refractivity contribution in [2.24, 2.45) is 0 Å². The van der Waals surface area contributed by atoms with Crippen molar-refractivity contribution in [3.63, 3.8) is 0 Å². The first-order valence-corrected chi connectivity index (χ1v) is 9.61. The van der Waals surface area contributed by atoms with Gasteiger partial charge in [-0.25, -0.2) is 14.8 Å². The molecule has 1 aromatic carbocycles. The summed E-state index contributed by atoms with van der Waals surface area (Å²) >= 11 is 0. The van der Waals surface area contributed by atoms with Gasteiger partial charge < -0.3 is 25.2 Å². The maximum Gasteiger partial charge on any atom is 0.409 e. The number of carbonyl (C=O) groups excluding carboxylic acids is 2. The van der Waals surface area contributed by atoms with Crippen molar-refractivity contribution in [3.8, 4) is 0 Å². The molecule has 1 saturated heterocycles. The molecule has 0 saturated carbocycles. The van der Waals surface area contributed by atoms with Crippen molar-refractivity contribution >= 4 is 35.0 Å². The first-order valence-electron chi connectivity index (χ1n) is 9.61. The number of anilines is 4. The number of ether oxygens (including phenoxy) is 1. The van der Waals surface area contributed by atoms with Crippen molar-refractivity contribution in [1.29, 1.82) is 0 Å². The smallest absolute Gasteiger partial charge is 0.409 e. The molecule has 0 bridgehead atoms. The standard InChI is InChI=1S/C20H26N6O3/c1-4-29-20(28)26-10-8-25(9-11-26)19-13-18(21-14(2)22-19)24-17-7-5-6-16(12-17)23-15(3)27/h5-7,12-13H,4,8-11H2,1-3H3,(H,23,27)(H,21,22,24). The quantitative estimate of drug-likeness (QED) is 0.799. The maximum atomic E-state index is 11.9. The largest absolute Gasteiger partial charge is 0.450 e. The van der Waals surface area contributed by atoms with Crippen LogP contribution in [-0.2, 0) is 9.53 Å². The summed E-state index contributed by atoms with van der Waals surface area (Å²) in [6, 6.07) is 9.32. The van der Waals surface area contributed by atoms with Crippen LogP contribution in [0, 0.1) is 6.92 Å². The molecule has 154 valence electrons. The summed E-state index contributed by atoms with van der Waals surface area (Å²) in [4.78, 5) is 36.0. The predicted octanol–water partition coefficient (Wildman–Crippen LogP) is 2.77. The molecule has 0 radical (unpaired) electrons. The summed E-state index contributed by atoms with van der Waals surface area (Å²) in [5, 5.41) is 6.03. The molecular weight excluding hydrogens is 372 g/mol. The third kappa shape index (κ3) is 5.56. The Balaban J connectivity index is 1.69. The number of benzene rings is 1. The molecule has 1 fully saturated rings. The molecule has 9 nitrogen and oxygen atoms in total. The molecule has 2 N–H and O–H groups in total. The molecule has 0 aliphatic carbocycles. The highest BCUT2D eigenvalue weighted by molar-refractivity contribution is 5.89. The third-order valence-electron chi connectivity index (χ3n) is 4.41. The summed E-state index contributed by atoms with van der Waals surface area (Å²) in [6.07, 6.45) is -0.271. The minimum atomic E-state index is -0.271. The molecule has 1 aliphatic heterocycles. The first kappa shape index (κ1) is 20.4. The van der Waals surface area contributed by atoms with Gasteiger partial charge in [0, 0.05) is 50.5 Å². The molecule has 0 atom stereocenters. The van der Waals surface area contributed by atoms with Gasteiger partial charge in [0.15, 0.2) is 0 Å². The van der Waals surface area contributed by atoms with Crippen LogP contribution < -0.4 is 15.5 Å². The first-order chi connectivity index (χ1) is 13.9. The van der Waals surface area contributed by atoms with Crippen molar-refractivity contribution in [2.75, 3.05) is 48.3 Å². The number of nitrogens with zero attached hydrogens (tertiary/aromatic N) is 4. The number of nitrogens with one attached hydrogen (secondary N) is 2. The average Bonchev–Trinajstić information content (AvgIpc) is 2.67. The van der Waals surface area contributed by atoms with Gasteiger partial charge in [-0.05, 0) is 32.0 Å². The molecule has 1 aromatic heterocycles. The number of carbonyl (C=O) groups is 2. The van der Waals surface area contributed by atoms with Crippen LogP contribution in [0.5, 0.6) is 0 Å². The molecule has 1 aliphatic rings. The van der Waals surface area contributed by atoms with Gasteiger partial charge >= 0.3 is 6.09 Å². The van der Waals surface area contributed by atoms with Gasteiger partial charge in [0.2, 0.25) is 5.91 Å². The number of hydrogen-bond acceptors (Lipinski definition) is 7. The lowest BCUT2D eigenvalue weighted by Crippen LogP contribution is -2.49. The van der Waals surface area contributed by atoms with Crippen molar-refractivity contribution in [1.82, 2.24) is 14.9 Å². The van der Waals surface area contributed by atoms with E-state index in [4.69, 9.17) is 4.74 Å². The Morgan fingerprint density at radius 1 is 1.10 bits per heavy atom. The zero-order valence-electron chi connectivity index (χ0n) is 16.9. The molecule has 29 heavy (non-hydrogen) atoms. The highest BCUT2D eigenvalue weighted by Gasteiger charge is 2.23. The van der Waals surface area contributed by atoms with Crippen LogP contribution in [0.25, 0.3) is 0 Å². The van der Waals surface area contributed by atoms with Gasteiger partial charge in [-0.1, -0.05) is 6.07 Å². The third-order valence-corrected chi connectivity index (χ3v) is 4.41. The number of aryl methyl sites for hydroxylation is 1. The highest BCUT2D eigenvalue weighted by Crippen LogP contribution is 2.23. The van der Waals surface area contributed by atoms with Crippen LogP contribution in [0.1, 0.15) is 19.7 Å². The van der Waals surface area contributed by atoms with Gasteiger partial charge in [-0.2, -0.15) is 0 Å². The van der Waals surface area contributed by atoms with Crippen LogP contribution >= 0.6 is 0 Å². The van der Waals surface area contributed by atoms with E-state index in [0.717, 1.165) is 11.5 Å². The van der Waals surface area contributed by atoms with Gasteiger partial charge in [0.1, 0.15) is 17.5 Å². The van der Waals surface area contributed by atoms with E-state index < -0.39 is 0 Å². The lowest BCUT2D eigenvalue weighted by molar-refractivity contribution is -0.114. The van der Waals surface area contributed by atoms with E-state index in [0.29, 0.717) is 50.1 Å². The summed E-state index contributed by atoms with van der Waals surface area (Å²) in [5.41, 5.74) is 1.52. The fraction of sp³-hybridized carbons (Fsp3) is 0.400. The molecule has 9 heteroatoms. The van der Waals surface area contributed by atoms with E-state index in [1.807, 2.05) is 37.3 Å². The van der Waals surface area contributed by atoms with E-state index in [9.17, 15) is 9.59 Å². The van der Waals surface area contributed by atoms with E-state index in [1.165, 1.54) is 6.92 Å². The van der Waals surface area contributed by atoms with E-state index >= 15 is 0 Å². The van der Waals surface area contributed by atoms with Crippen LogP contribution in [0.2, 0.25) is 0 Å². The molecule has 2 heterocycles. The Bertz CT molecular complexity index is 880. The van der Waals surface area contributed by atoms with Gasteiger partial charge in [-0.15, -0.1) is 0 Å². The second-order valence-corrected chi connectivity index (χ2v) is 6.72. The highest BCUT2D eigenvalue weighted by atomic mass is 16.6. The lowest BCUT2D eigenvalue weighted by Gasteiger charge is -2.34. The fourth-order valence-electron chi connectivity index (χ4n) is 3.14. The zero-order chi connectivity index (χ0) is 20.8. The Morgan fingerprint density at radius 3 is 2.52 bits per heavy atom. The van der Waals surface area contributed by atoms with Crippen LogP contribution in [0.15, 0.2) is 30.3 Å². The van der Waals surface area contributed by atoms with Crippen LogP contribution in [0.4, 0.5) is 27.8 Å². The van der Waals surface area contributed by atoms with E-state index in [2.05, 4.69) is 25.5 Å². The van der Waals surface area contributed by atoms with Gasteiger partial charge in [-0.3, -0.25) is 4.79 Å². The molecule has 0 unspecified atom stereocenters. The van der Waals surface area contributed by atoms with E-state index in [1.54, 1.807) is 11.8 Å². The van der Waals surface area contributed by atoms with Crippen LogP contribution in [-0.4, -0.2) is 59.7 Å². The van der Waals surface area contributed by atoms with Gasteiger partial charge in [0.25, 0.3) is 0 Å². The van der Waals surface area contributed by atoms with Crippen LogP contribution in [0.3, 0.4) is 0 Å². The number of rotatable bonds is 5.